The Hall–Kier alpha value is -4.20. The minimum absolute atomic E-state index is 0.199. The standard InChI is InChI=1S/C21H17N3O5/c25-18-12-11-16(13-17(18)24(28)29)19(22-20(26)14-7-3-1-4-8-14)23-21(27)15-9-5-2-6-10-15/h1-13,19,25H,(H,22,26)(H,23,27)/p-1. The highest BCUT2D eigenvalue weighted by molar-refractivity contribution is 5.96. The molecule has 0 fully saturated rings. The van der Waals surface area contributed by atoms with Gasteiger partial charge in [-0.2, -0.15) is 0 Å². The van der Waals surface area contributed by atoms with E-state index in [9.17, 15) is 24.8 Å². The summed E-state index contributed by atoms with van der Waals surface area (Å²) in [6.45, 7) is 0. The van der Waals surface area contributed by atoms with E-state index in [2.05, 4.69) is 10.6 Å². The van der Waals surface area contributed by atoms with Crippen LogP contribution in [0.25, 0.3) is 0 Å². The average Bonchev–Trinajstić information content (AvgIpc) is 2.74. The largest absolute Gasteiger partial charge is 0.868 e. The number of hydrogen-bond donors (Lipinski definition) is 2. The van der Waals surface area contributed by atoms with Crippen molar-refractivity contribution < 1.29 is 19.6 Å². The second-order valence-corrected chi connectivity index (χ2v) is 6.10. The van der Waals surface area contributed by atoms with Gasteiger partial charge in [0.25, 0.3) is 17.5 Å². The lowest BCUT2D eigenvalue weighted by molar-refractivity contribution is -0.398. The molecule has 3 rings (SSSR count). The molecule has 2 amide bonds. The lowest BCUT2D eigenvalue weighted by Gasteiger charge is -2.22. The van der Waals surface area contributed by atoms with Crippen LogP contribution in [0.15, 0.2) is 78.9 Å². The number of hydrogen-bond acceptors (Lipinski definition) is 5. The van der Waals surface area contributed by atoms with Gasteiger partial charge >= 0.3 is 0 Å². The first-order valence-corrected chi connectivity index (χ1v) is 8.63. The molecule has 0 atom stereocenters. The number of rotatable bonds is 6. The summed E-state index contributed by atoms with van der Waals surface area (Å²) in [5.41, 5.74) is 0.253. The molecule has 8 nitrogen and oxygen atoms in total. The van der Waals surface area contributed by atoms with Crippen molar-refractivity contribution in [3.63, 3.8) is 0 Å². The second-order valence-electron chi connectivity index (χ2n) is 6.10. The highest BCUT2D eigenvalue weighted by Gasteiger charge is 2.21. The fraction of sp³-hybridized carbons (Fsp3) is 0.0476. The number of nitrogens with one attached hydrogen (secondary N) is 2. The topological polar surface area (TPSA) is 124 Å². The molecule has 3 aromatic carbocycles. The van der Waals surface area contributed by atoms with Crippen LogP contribution in [-0.4, -0.2) is 16.7 Å². The van der Waals surface area contributed by atoms with E-state index in [1.54, 1.807) is 60.7 Å². The first kappa shape index (κ1) is 19.6. The number of carbonyl (C=O) groups excluding carboxylic acids is 2. The van der Waals surface area contributed by atoms with Crippen LogP contribution < -0.4 is 15.7 Å². The number of amides is 2. The Bertz CT molecular complexity index is 985. The Morgan fingerprint density at radius 1 is 0.793 bits per heavy atom. The SMILES string of the molecule is O=C(NC(NC(=O)c1ccccc1)c1ccc([O-])c([N+](=O)[O-])c1)c1ccccc1. The van der Waals surface area contributed by atoms with E-state index in [4.69, 9.17) is 0 Å². The van der Waals surface area contributed by atoms with E-state index in [1.165, 1.54) is 6.07 Å². The van der Waals surface area contributed by atoms with Crippen LogP contribution in [-0.2, 0) is 0 Å². The lowest BCUT2D eigenvalue weighted by Crippen LogP contribution is -2.41. The number of carbonyl (C=O) groups is 2. The summed E-state index contributed by atoms with van der Waals surface area (Å²) in [6, 6.07) is 20.0. The number of nitrogens with zero attached hydrogens (tertiary/aromatic N) is 1. The first-order chi connectivity index (χ1) is 14.0. The Labute approximate surface area is 166 Å². The van der Waals surface area contributed by atoms with Crippen molar-refractivity contribution in [2.24, 2.45) is 0 Å². The zero-order valence-corrected chi connectivity index (χ0v) is 15.1. The molecule has 0 saturated carbocycles. The third-order valence-electron chi connectivity index (χ3n) is 4.14. The van der Waals surface area contributed by atoms with Crippen molar-refractivity contribution in [3.8, 4) is 5.75 Å². The molecule has 0 aliphatic rings. The molecule has 29 heavy (non-hydrogen) atoms. The molecule has 0 spiro atoms. The minimum atomic E-state index is -1.09. The van der Waals surface area contributed by atoms with Gasteiger partial charge in [0, 0.05) is 22.8 Å². The zero-order chi connectivity index (χ0) is 20.8. The van der Waals surface area contributed by atoms with Crippen LogP contribution in [0.1, 0.15) is 32.4 Å². The number of nitro benzene ring substituents is 1. The van der Waals surface area contributed by atoms with E-state index in [0.29, 0.717) is 11.1 Å². The van der Waals surface area contributed by atoms with Crippen LogP contribution in [0.2, 0.25) is 0 Å². The fourth-order valence-electron chi connectivity index (χ4n) is 2.67. The maximum absolute atomic E-state index is 12.6. The van der Waals surface area contributed by atoms with Crippen molar-refractivity contribution >= 4 is 17.5 Å². The van der Waals surface area contributed by atoms with Crippen LogP contribution in [0.4, 0.5) is 5.69 Å². The predicted molar refractivity (Wildman–Crippen MR) is 103 cm³/mol. The van der Waals surface area contributed by atoms with Gasteiger partial charge in [-0.1, -0.05) is 48.5 Å². The first-order valence-electron chi connectivity index (χ1n) is 8.63. The summed E-state index contributed by atoms with van der Waals surface area (Å²) < 4.78 is 0. The summed E-state index contributed by atoms with van der Waals surface area (Å²) in [7, 11) is 0. The summed E-state index contributed by atoms with van der Waals surface area (Å²) in [6.07, 6.45) is -1.09. The summed E-state index contributed by atoms with van der Waals surface area (Å²) in [5, 5.41) is 28.1. The van der Waals surface area contributed by atoms with Gasteiger partial charge in [0.15, 0.2) is 0 Å². The monoisotopic (exact) mass is 390 g/mol. The molecule has 0 aliphatic carbocycles. The molecule has 0 heterocycles. The average molecular weight is 390 g/mol. The molecule has 2 N–H and O–H groups in total. The van der Waals surface area contributed by atoms with E-state index in [1.807, 2.05) is 0 Å². The zero-order valence-electron chi connectivity index (χ0n) is 15.1. The van der Waals surface area contributed by atoms with E-state index in [-0.39, 0.29) is 5.56 Å². The Morgan fingerprint density at radius 2 is 1.28 bits per heavy atom. The molecular weight excluding hydrogens is 374 g/mol. The smallest absolute Gasteiger partial charge is 0.262 e. The van der Waals surface area contributed by atoms with Crippen molar-refractivity contribution in [1.29, 1.82) is 0 Å². The van der Waals surface area contributed by atoms with Crippen molar-refractivity contribution in [2.45, 2.75) is 6.17 Å². The van der Waals surface area contributed by atoms with Crippen LogP contribution in [0, 0.1) is 10.1 Å². The summed E-state index contributed by atoms with van der Waals surface area (Å²) in [5.74, 6) is -1.74. The van der Waals surface area contributed by atoms with Gasteiger partial charge in [0.2, 0.25) is 0 Å². The third-order valence-corrected chi connectivity index (χ3v) is 4.14. The summed E-state index contributed by atoms with van der Waals surface area (Å²) >= 11 is 0. The molecule has 146 valence electrons. The van der Waals surface area contributed by atoms with Crippen LogP contribution in [0.5, 0.6) is 5.75 Å². The van der Waals surface area contributed by atoms with Crippen LogP contribution >= 0.6 is 0 Å². The molecule has 0 unspecified atom stereocenters. The maximum atomic E-state index is 12.6. The quantitative estimate of drug-likeness (QED) is 0.380. The Balaban J connectivity index is 1.93. The van der Waals surface area contributed by atoms with Gasteiger partial charge in [0.1, 0.15) is 6.17 Å². The number of nitro groups is 1. The second kappa shape index (κ2) is 8.66. The molecule has 0 bridgehead atoms. The number of benzene rings is 3. The van der Waals surface area contributed by atoms with Crippen molar-refractivity contribution in [1.82, 2.24) is 10.6 Å². The van der Waals surface area contributed by atoms with Gasteiger partial charge in [-0.05, 0) is 30.0 Å². The fourth-order valence-corrected chi connectivity index (χ4v) is 2.67. The third kappa shape index (κ3) is 4.75. The summed E-state index contributed by atoms with van der Waals surface area (Å²) in [4.78, 5) is 35.5. The van der Waals surface area contributed by atoms with Crippen LogP contribution in [0.3, 0.4) is 0 Å². The van der Waals surface area contributed by atoms with E-state index < -0.39 is 34.3 Å². The van der Waals surface area contributed by atoms with Gasteiger partial charge < -0.3 is 15.7 Å². The molecule has 8 heteroatoms. The van der Waals surface area contributed by atoms with E-state index >= 15 is 0 Å². The predicted octanol–water partition coefficient (Wildman–Crippen LogP) is 2.53. The van der Waals surface area contributed by atoms with Gasteiger partial charge in [-0.15, -0.1) is 0 Å². The van der Waals surface area contributed by atoms with E-state index in [0.717, 1.165) is 12.1 Å². The van der Waals surface area contributed by atoms with Gasteiger partial charge in [-0.3, -0.25) is 19.7 Å². The molecule has 3 aromatic rings. The Kier molecular flexibility index (Phi) is 5.84. The highest BCUT2D eigenvalue weighted by atomic mass is 16.6. The normalized spacial score (nSPS) is 10.4. The highest BCUT2D eigenvalue weighted by Crippen LogP contribution is 2.26. The maximum Gasteiger partial charge on any atom is 0.262 e. The minimum Gasteiger partial charge on any atom is -0.868 e. The van der Waals surface area contributed by atoms with Gasteiger partial charge in [0.05, 0.1) is 4.92 Å². The molecule has 0 radical (unpaired) electrons. The molecule has 0 aliphatic heterocycles. The van der Waals surface area contributed by atoms with Gasteiger partial charge in [-0.25, -0.2) is 0 Å². The molecule has 0 aromatic heterocycles. The molecule has 0 saturated heterocycles. The van der Waals surface area contributed by atoms with Crippen molar-refractivity contribution in [3.05, 3.63) is 106 Å². The Morgan fingerprint density at radius 3 is 1.72 bits per heavy atom. The lowest BCUT2D eigenvalue weighted by atomic mass is 10.1. The molecular formula is C21H16N3O5-. The van der Waals surface area contributed by atoms with Crippen molar-refractivity contribution in [2.75, 3.05) is 0 Å².